The average molecular weight is 298 g/mol. The van der Waals surface area contributed by atoms with E-state index >= 15 is 0 Å². The number of nitrogens with one attached hydrogen (secondary N) is 2. The van der Waals surface area contributed by atoms with Gasteiger partial charge in [0.2, 0.25) is 10.0 Å². The second kappa shape index (κ2) is 5.61. The zero-order valence-corrected chi connectivity index (χ0v) is 13.0. The van der Waals surface area contributed by atoms with Crippen LogP contribution in [0, 0.1) is 0 Å². The van der Waals surface area contributed by atoms with E-state index in [4.69, 9.17) is 4.74 Å². The Balaban J connectivity index is 2.13. The minimum atomic E-state index is -3.28. The highest BCUT2D eigenvalue weighted by Crippen LogP contribution is 2.29. The molecule has 1 unspecified atom stereocenters. The first kappa shape index (κ1) is 15.1. The van der Waals surface area contributed by atoms with Crippen LogP contribution in [0.25, 0.3) is 0 Å². The number of para-hydroxylation sites is 2. The van der Waals surface area contributed by atoms with Crippen molar-refractivity contribution in [2.75, 3.05) is 22.9 Å². The van der Waals surface area contributed by atoms with Gasteiger partial charge in [0.05, 0.1) is 23.2 Å². The Morgan fingerprint density at radius 2 is 1.90 bits per heavy atom. The molecule has 1 atom stereocenters. The van der Waals surface area contributed by atoms with Gasteiger partial charge in [-0.3, -0.25) is 4.72 Å². The first-order valence-electron chi connectivity index (χ1n) is 6.72. The second-order valence-electron chi connectivity index (χ2n) is 5.86. The first-order valence-corrected chi connectivity index (χ1v) is 8.62. The van der Waals surface area contributed by atoms with E-state index in [0.717, 1.165) is 24.8 Å². The number of hydrogen-bond acceptors (Lipinski definition) is 4. The van der Waals surface area contributed by atoms with Crippen LogP contribution < -0.4 is 10.0 Å². The topological polar surface area (TPSA) is 67.4 Å². The lowest BCUT2D eigenvalue weighted by Gasteiger charge is -2.36. The Bertz CT molecular complexity index is 570. The molecule has 1 fully saturated rings. The molecule has 1 aliphatic heterocycles. The minimum Gasteiger partial charge on any atom is -0.380 e. The molecule has 0 aromatic heterocycles. The Morgan fingerprint density at radius 3 is 2.50 bits per heavy atom. The molecule has 1 heterocycles. The van der Waals surface area contributed by atoms with Gasteiger partial charge in [-0.2, -0.15) is 0 Å². The van der Waals surface area contributed by atoms with E-state index in [1.807, 2.05) is 18.2 Å². The van der Waals surface area contributed by atoms with Crippen molar-refractivity contribution in [3.63, 3.8) is 0 Å². The van der Waals surface area contributed by atoms with E-state index in [-0.39, 0.29) is 11.6 Å². The quantitative estimate of drug-likeness (QED) is 0.896. The summed E-state index contributed by atoms with van der Waals surface area (Å²) in [7, 11) is -3.28. The summed E-state index contributed by atoms with van der Waals surface area (Å²) in [6, 6.07) is 7.62. The summed E-state index contributed by atoms with van der Waals surface area (Å²) in [5, 5.41) is 3.42. The molecule has 112 valence electrons. The Hall–Kier alpha value is -1.27. The largest absolute Gasteiger partial charge is 0.380 e. The van der Waals surface area contributed by atoms with E-state index in [1.165, 1.54) is 0 Å². The highest BCUT2D eigenvalue weighted by Gasteiger charge is 2.29. The molecule has 0 saturated carbocycles. The molecule has 20 heavy (non-hydrogen) atoms. The van der Waals surface area contributed by atoms with Gasteiger partial charge >= 0.3 is 0 Å². The van der Waals surface area contributed by atoms with E-state index < -0.39 is 10.0 Å². The predicted molar refractivity (Wildman–Crippen MR) is 81.6 cm³/mol. The Labute approximate surface area is 120 Å². The van der Waals surface area contributed by atoms with Gasteiger partial charge in [-0.15, -0.1) is 0 Å². The summed E-state index contributed by atoms with van der Waals surface area (Å²) in [6.45, 7) is 4.86. The van der Waals surface area contributed by atoms with Crippen LogP contribution in [0.1, 0.15) is 26.7 Å². The van der Waals surface area contributed by atoms with E-state index in [2.05, 4.69) is 23.9 Å². The smallest absolute Gasteiger partial charge is 0.229 e. The molecule has 2 N–H and O–H groups in total. The summed E-state index contributed by atoms with van der Waals surface area (Å²) in [4.78, 5) is 0. The van der Waals surface area contributed by atoms with Gasteiger partial charge in [-0.25, -0.2) is 8.42 Å². The molecule has 1 aromatic carbocycles. The number of ether oxygens (including phenoxy) is 1. The minimum absolute atomic E-state index is 0.144. The summed E-state index contributed by atoms with van der Waals surface area (Å²) < 4.78 is 31.0. The number of benzene rings is 1. The maximum atomic E-state index is 11.4. The van der Waals surface area contributed by atoms with E-state index in [1.54, 1.807) is 6.07 Å². The molecule has 1 saturated heterocycles. The van der Waals surface area contributed by atoms with Crippen molar-refractivity contribution >= 4 is 21.4 Å². The molecule has 1 aliphatic rings. The number of hydrogen-bond donors (Lipinski definition) is 2. The molecule has 0 radical (unpaired) electrons. The SMILES string of the molecule is CC1(C)CC(Nc2ccccc2NS(C)(=O)=O)CCO1. The fraction of sp³-hybridized carbons (Fsp3) is 0.571. The third kappa shape index (κ3) is 4.38. The Morgan fingerprint density at radius 1 is 1.25 bits per heavy atom. The zero-order valence-electron chi connectivity index (χ0n) is 12.1. The van der Waals surface area contributed by atoms with Crippen LogP contribution in [-0.2, 0) is 14.8 Å². The lowest BCUT2D eigenvalue weighted by atomic mass is 9.94. The lowest BCUT2D eigenvalue weighted by molar-refractivity contribution is -0.0553. The third-order valence-corrected chi connectivity index (χ3v) is 3.87. The van der Waals surface area contributed by atoms with Crippen molar-refractivity contribution < 1.29 is 13.2 Å². The normalized spacial score (nSPS) is 22.2. The summed E-state index contributed by atoms with van der Waals surface area (Å²) in [5.74, 6) is 0. The highest BCUT2D eigenvalue weighted by molar-refractivity contribution is 7.92. The van der Waals surface area contributed by atoms with Gasteiger partial charge in [0.25, 0.3) is 0 Å². The third-order valence-electron chi connectivity index (χ3n) is 3.28. The molecule has 0 bridgehead atoms. The molecular formula is C14H22N2O3S. The number of anilines is 2. The molecule has 0 aliphatic carbocycles. The molecule has 1 aromatic rings. The van der Waals surface area contributed by atoms with Crippen LogP contribution in [0.2, 0.25) is 0 Å². The fourth-order valence-electron chi connectivity index (χ4n) is 2.47. The molecule has 0 spiro atoms. The van der Waals surface area contributed by atoms with Crippen molar-refractivity contribution in [3.8, 4) is 0 Å². The van der Waals surface area contributed by atoms with Crippen LogP contribution >= 0.6 is 0 Å². The highest BCUT2D eigenvalue weighted by atomic mass is 32.2. The van der Waals surface area contributed by atoms with Crippen molar-refractivity contribution in [2.45, 2.75) is 38.3 Å². The van der Waals surface area contributed by atoms with Gasteiger partial charge in [0, 0.05) is 12.6 Å². The van der Waals surface area contributed by atoms with Crippen LogP contribution in [0.3, 0.4) is 0 Å². The maximum Gasteiger partial charge on any atom is 0.229 e. The van der Waals surface area contributed by atoms with Crippen molar-refractivity contribution in [3.05, 3.63) is 24.3 Å². The summed E-state index contributed by atoms with van der Waals surface area (Å²) in [5.41, 5.74) is 1.25. The van der Waals surface area contributed by atoms with Crippen LogP contribution in [-0.4, -0.2) is 32.9 Å². The van der Waals surface area contributed by atoms with Gasteiger partial charge in [0.15, 0.2) is 0 Å². The van der Waals surface area contributed by atoms with Crippen LogP contribution in [0.4, 0.5) is 11.4 Å². The average Bonchev–Trinajstić information content (AvgIpc) is 2.28. The van der Waals surface area contributed by atoms with E-state index in [0.29, 0.717) is 12.3 Å². The number of sulfonamides is 1. The zero-order chi connectivity index (χ0) is 14.8. The molecule has 5 nitrogen and oxygen atoms in total. The monoisotopic (exact) mass is 298 g/mol. The second-order valence-corrected chi connectivity index (χ2v) is 7.61. The number of rotatable bonds is 4. The van der Waals surface area contributed by atoms with Crippen molar-refractivity contribution in [2.24, 2.45) is 0 Å². The summed E-state index contributed by atoms with van der Waals surface area (Å²) in [6.07, 6.45) is 2.96. The predicted octanol–water partition coefficient (Wildman–Crippen LogP) is 2.43. The van der Waals surface area contributed by atoms with Crippen molar-refractivity contribution in [1.29, 1.82) is 0 Å². The fourth-order valence-corrected chi connectivity index (χ4v) is 3.05. The lowest BCUT2D eigenvalue weighted by Crippen LogP contribution is -2.40. The van der Waals surface area contributed by atoms with Gasteiger partial charge in [-0.05, 0) is 38.8 Å². The van der Waals surface area contributed by atoms with E-state index in [9.17, 15) is 8.42 Å². The molecule has 2 rings (SSSR count). The van der Waals surface area contributed by atoms with Gasteiger partial charge < -0.3 is 10.1 Å². The first-order chi connectivity index (χ1) is 9.25. The van der Waals surface area contributed by atoms with Gasteiger partial charge in [0.1, 0.15) is 0 Å². The van der Waals surface area contributed by atoms with Crippen molar-refractivity contribution in [1.82, 2.24) is 0 Å². The maximum absolute atomic E-state index is 11.4. The Kier molecular flexibility index (Phi) is 4.25. The van der Waals surface area contributed by atoms with Gasteiger partial charge in [-0.1, -0.05) is 12.1 Å². The molecule has 0 amide bonds. The summed E-state index contributed by atoms with van der Waals surface area (Å²) >= 11 is 0. The standard InChI is InChI=1S/C14H22N2O3S/c1-14(2)10-11(8-9-19-14)15-12-6-4-5-7-13(12)16-20(3,17)18/h4-7,11,15-16H,8-10H2,1-3H3. The van der Waals surface area contributed by atoms with Crippen LogP contribution in [0.15, 0.2) is 24.3 Å². The van der Waals surface area contributed by atoms with Crippen LogP contribution in [0.5, 0.6) is 0 Å². The molecular weight excluding hydrogens is 276 g/mol. The molecule has 6 heteroatoms.